The number of esters is 1. The minimum Gasteiger partial charge on any atom is -0.481 e. The van der Waals surface area contributed by atoms with Gasteiger partial charge in [-0.3, -0.25) is 19.2 Å². The fourth-order valence-corrected chi connectivity index (χ4v) is 13.0. The molecule has 4 fully saturated rings. The minimum atomic E-state index is -1.17. The van der Waals surface area contributed by atoms with Crippen LogP contribution in [0.5, 0.6) is 0 Å². The van der Waals surface area contributed by atoms with Gasteiger partial charge in [0.15, 0.2) is 5.78 Å². The third-order valence-corrected chi connectivity index (χ3v) is 16.0. The second-order valence-corrected chi connectivity index (χ2v) is 20.4. The highest BCUT2D eigenvalue weighted by Gasteiger charge is 2.71. The number of likely N-dealkylation sites (N-methyl/N-ethyl adjacent to an activating group) is 1. The third-order valence-electron chi connectivity index (χ3n) is 16.0. The minimum absolute atomic E-state index is 0.0220. The topological polar surface area (TPSA) is 121 Å². The monoisotopic (exact) mass is 712 g/mol. The Labute approximate surface area is 307 Å². The summed E-state index contributed by atoms with van der Waals surface area (Å²) in [6.07, 6.45) is 7.13. The Morgan fingerprint density at radius 3 is 2.14 bits per heavy atom. The van der Waals surface area contributed by atoms with Gasteiger partial charge in [-0.1, -0.05) is 67.9 Å². The molecule has 5 rings (SSSR count). The highest BCUT2D eigenvalue weighted by atomic mass is 16.5. The van der Waals surface area contributed by atoms with Crippen LogP contribution in [-0.2, 0) is 23.9 Å². The zero-order chi connectivity index (χ0) is 38.3. The summed E-state index contributed by atoms with van der Waals surface area (Å²) in [6.45, 7) is 23.8. The average Bonchev–Trinajstić information content (AvgIpc) is 3.31. The quantitative estimate of drug-likeness (QED) is 0.219. The predicted molar refractivity (Wildman–Crippen MR) is 198 cm³/mol. The normalized spacial score (nSPS) is 38.1. The van der Waals surface area contributed by atoms with Crippen molar-refractivity contribution >= 4 is 23.6 Å². The summed E-state index contributed by atoms with van der Waals surface area (Å²) in [5.74, 6) is 0.116. The van der Waals surface area contributed by atoms with Gasteiger partial charge in [-0.05, 0) is 117 Å². The van der Waals surface area contributed by atoms with Crippen LogP contribution in [0.25, 0.3) is 0 Å². The number of carbonyl (C=O) groups is 4. The molecule has 0 aromatic carbocycles. The molecule has 0 saturated heterocycles. The average molecular weight is 712 g/mol. The maximum Gasteiger partial charge on any atom is 0.309 e. The molecule has 4 saturated carbocycles. The van der Waals surface area contributed by atoms with Gasteiger partial charge in [0.25, 0.3) is 0 Å². The van der Waals surface area contributed by atoms with E-state index in [0.717, 1.165) is 56.9 Å². The van der Waals surface area contributed by atoms with E-state index >= 15 is 0 Å². The second kappa shape index (κ2) is 13.3. The second-order valence-electron chi connectivity index (χ2n) is 20.4. The number of aliphatic hydroxyl groups is 1. The van der Waals surface area contributed by atoms with Gasteiger partial charge >= 0.3 is 11.9 Å². The zero-order valence-corrected chi connectivity index (χ0v) is 33.9. The number of aliphatic hydroxyl groups excluding tert-OH is 1. The van der Waals surface area contributed by atoms with E-state index in [2.05, 4.69) is 48.5 Å². The Morgan fingerprint density at radius 1 is 0.902 bits per heavy atom. The van der Waals surface area contributed by atoms with Crippen molar-refractivity contribution in [2.24, 2.45) is 62.1 Å². The first-order chi connectivity index (χ1) is 23.4. The van der Waals surface area contributed by atoms with Crippen LogP contribution in [0.4, 0.5) is 0 Å². The Bertz CT molecular complexity index is 1460. The summed E-state index contributed by atoms with van der Waals surface area (Å²) < 4.78 is 6.15. The maximum atomic E-state index is 14.0. The van der Waals surface area contributed by atoms with E-state index in [1.165, 1.54) is 5.57 Å². The van der Waals surface area contributed by atoms with Gasteiger partial charge < -0.3 is 19.8 Å². The van der Waals surface area contributed by atoms with E-state index < -0.39 is 28.9 Å². The van der Waals surface area contributed by atoms with Crippen molar-refractivity contribution in [1.82, 2.24) is 4.90 Å². The lowest BCUT2D eigenvalue weighted by Gasteiger charge is -2.72. The van der Waals surface area contributed by atoms with Gasteiger partial charge in [0.1, 0.15) is 6.10 Å². The first-order valence-electron chi connectivity index (χ1n) is 20.0. The lowest BCUT2D eigenvalue weighted by atomic mass is 9.33. The lowest BCUT2D eigenvalue weighted by molar-refractivity contribution is -0.235. The van der Waals surface area contributed by atoms with Crippen molar-refractivity contribution in [3.63, 3.8) is 0 Å². The van der Waals surface area contributed by atoms with Crippen LogP contribution in [-0.4, -0.2) is 64.5 Å². The van der Waals surface area contributed by atoms with Crippen LogP contribution in [0.3, 0.4) is 0 Å². The van der Waals surface area contributed by atoms with Crippen LogP contribution in [0.2, 0.25) is 0 Å². The van der Waals surface area contributed by atoms with Crippen LogP contribution < -0.4 is 0 Å². The van der Waals surface area contributed by atoms with E-state index in [4.69, 9.17) is 4.74 Å². The number of allylic oxidation sites excluding steroid dienone is 1. The predicted octanol–water partition coefficient (Wildman–Crippen LogP) is 8.25. The number of aliphatic carboxylic acids is 1. The molecular weight excluding hydrogens is 642 g/mol. The molecule has 0 heterocycles. The summed E-state index contributed by atoms with van der Waals surface area (Å²) in [6, 6.07) is 0. The number of ether oxygens (including phenoxy) is 1. The number of fused-ring (bicyclic) bond motifs is 7. The van der Waals surface area contributed by atoms with E-state index in [9.17, 15) is 29.4 Å². The molecule has 8 nitrogen and oxygen atoms in total. The Kier molecular flexibility index (Phi) is 10.4. The smallest absolute Gasteiger partial charge is 0.309 e. The van der Waals surface area contributed by atoms with Crippen molar-refractivity contribution in [2.45, 2.75) is 159 Å². The molecule has 0 bridgehead atoms. The molecule has 288 valence electrons. The zero-order valence-electron chi connectivity index (χ0n) is 33.9. The molecule has 2 N–H and O–H groups in total. The molecule has 0 spiro atoms. The number of carboxylic acids is 1. The lowest BCUT2D eigenvalue weighted by Crippen LogP contribution is -2.66. The molecule has 5 aliphatic rings. The fourth-order valence-electron chi connectivity index (χ4n) is 13.0. The van der Waals surface area contributed by atoms with Crippen molar-refractivity contribution in [3.05, 3.63) is 11.1 Å². The van der Waals surface area contributed by atoms with E-state index in [-0.39, 0.29) is 70.2 Å². The molecule has 0 aromatic heterocycles. The molecule has 9 unspecified atom stereocenters. The summed E-state index contributed by atoms with van der Waals surface area (Å²) in [4.78, 5) is 53.5. The Balaban J connectivity index is 1.45. The van der Waals surface area contributed by atoms with Gasteiger partial charge in [0.05, 0.1) is 17.9 Å². The van der Waals surface area contributed by atoms with Crippen molar-refractivity contribution in [1.29, 1.82) is 0 Å². The molecule has 51 heavy (non-hydrogen) atoms. The van der Waals surface area contributed by atoms with E-state index in [1.807, 2.05) is 13.8 Å². The summed E-state index contributed by atoms with van der Waals surface area (Å²) in [5.41, 5.74) is 0.119. The molecule has 0 aliphatic heterocycles. The number of carboxylic acid groups (broad SMARTS) is 1. The van der Waals surface area contributed by atoms with Gasteiger partial charge in [-0.15, -0.1) is 0 Å². The first kappa shape index (κ1) is 40.0. The van der Waals surface area contributed by atoms with Gasteiger partial charge in [-0.2, -0.15) is 0 Å². The number of ketones is 1. The molecule has 5 aliphatic carbocycles. The Hall–Kier alpha value is -2.22. The first-order valence-corrected chi connectivity index (χ1v) is 20.0. The number of rotatable bonds is 10. The summed E-state index contributed by atoms with van der Waals surface area (Å²) in [7, 11) is 1.79. The van der Waals surface area contributed by atoms with Gasteiger partial charge in [0.2, 0.25) is 5.91 Å². The standard InChI is InChI=1S/C43H69NO7/c1-25(2)21-33(47)44(12)24-31(46)43-20-19-41(10)27(36(43)35(26(3)4)28(45)22-43)13-14-30-40(9)17-16-32(51-34(48)23-38(5,6)37(49)50)39(7,8)29(40)15-18-42(30,41)11/h25-27,29-32,46H,13-24H2,1-12H3,(H,49,50). The number of amides is 1. The fraction of sp³-hybridized carbons (Fsp3) is 0.860. The molecule has 8 heteroatoms. The van der Waals surface area contributed by atoms with Crippen molar-refractivity contribution in [3.8, 4) is 0 Å². The maximum absolute atomic E-state index is 14.0. The van der Waals surface area contributed by atoms with Crippen LogP contribution >= 0.6 is 0 Å². The van der Waals surface area contributed by atoms with Crippen LogP contribution in [0.1, 0.15) is 147 Å². The van der Waals surface area contributed by atoms with Gasteiger partial charge in [0, 0.05) is 37.3 Å². The SMILES string of the molecule is CC(C)CC(=O)N(C)CC(O)C12CCC3(C)C(CCC4C5(C)CCC(OC(=O)CC(C)(C)C(=O)O)C(C)(C)C5CCC43C)C1=C(C(C)C)C(=O)C2. The number of nitrogens with zero attached hydrogens (tertiary/aromatic N) is 1. The number of hydrogen-bond donors (Lipinski definition) is 2. The van der Waals surface area contributed by atoms with E-state index in [1.54, 1.807) is 25.8 Å². The van der Waals surface area contributed by atoms with Gasteiger partial charge in [-0.25, -0.2) is 0 Å². The summed E-state index contributed by atoms with van der Waals surface area (Å²) >= 11 is 0. The molecule has 0 aromatic rings. The number of hydrogen-bond acceptors (Lipinski definition) is 6. The molecular formula is C43H69NO7. The third kappa shape index (κ3) is 6.23. The highest BCUT2D eigenvalue weighted by molar-refractivity contribution is 6.00. The summed E-state index contributed by atoms with van der Waals surface area (Å²) in [5, 5.41) is 21.8. The molecule has 1 amide bonds. The van der Waals surface area contributed by atoms with Crippen molar-refractivity contribution < 1.29 is 34.1 Å². The largest absolute Gasteiger partial charge is 0.481 e. The van der Waals surface area contributed by atoms with Crippen molar-refractivity contribution in [2.75, 3.05) is 13.6 Å². The Morgan fingerprint density at radius 2 is 1.55 bits per heavy atom. The van der Waals surface area contributed by atoms with Crippen LogP contribution in [0.15, 0.2) is 11.1 Å². The highest BCUT2D eigenvalue weighted by Crippen LogP contribution is 2.77. The number of carbonyl (C=O) groups excluding carboxylic acids is 3. The number of Topliss-reactive ketones (excluding diaryl/α,β-unsaturated/α-hetero) is 1. The van der Waals surface area contributed by atoms with E-state index in [0.29, 0.717) is 24.7 Å². The van der Waals surface area contributed by atoms with Crippen LogP contribution in [0, 0.1) is 62.1 Å². The molecule has 0 radical (unpaired) electrons. The molecule has 9 atom stereocenters.